The van der Waals surface area contributed by atoms with Crippen LogP contribution in [0.3, 0.4) is 0 Å². The van der Waals surface area contributed by atoms with Gasteiger partial charge in [0.05, 0.1) is 0 Å². The summed E-state index contributed by atoms with van der Waals surface area (Å²) in [6, 6.07) is 0.0249. The van der Waals surface area contributed by atoms with Crippen molar-refractivity contribution in [3.05, 3.63) is 0 Å². The maximum Gasteiger partial charge on any atom is 0.267 e. The fourth-order valence-corrected chi connectivity index (χ4v) is 2.70. The first-order valence-corrected chi connectivity index (χ1v) is 6.87. The van der Waals surface area contributed by atoms with Gasteiger partial charge in [-0.3, -0.25) is 9.59 Å². The van der Waals surface area contributed by atoms with Crippen molar-refractivity contribution in [2.24, 2.45) is 11.0 Å². The van der Waals surface area contributed by atoms with E-state index in [0.29, 0.717) is 18.6 Å². The average molecular weight is 267 g/mol. The molecule has 0 saturated heterocycles. The number of amides is 2. The highest BCUT2D eigenvalue weighted by molar-refractivity contribution is 6.39. The summed E-state index contributed by atoms with van der Waals surface area (Å²) < 4.78 is 0. The minimum atomic E-state index is -0.204. The average Bonchev–Trinajstić information content (AvgIpc) is 2.42. The topological polar surface area (TPSA) is 82.0 Å². The minimum absolute atomic E-state index is 0.0249. The van der Waals surface area contributed by atoms with E-state index >= 15 is 0 Å². The quantitative estimate of drug-likeness (QED) is 0.769. The van der Waals surface area contributed by atoms with E-state index in [0.717, 1.165) is 25.7 Å². The lowest BCUT2D eigenvalue weighted by Crippen LogP contribution is -2.47. The summed E-state index contributed by atoms with van der Waals surface area (Å²) in [7, 11) is 1.56. The molecule has 1 fully saturated rings. The summed E-state index contributed by atoms with van der Waals surface area (Å²) in [5, 5.41) is 17.5. The Morgan fingerprint density at radius 1 is 1.42 bits per heavy atom. The molecule has 1 saturated carbocycles. The minimum Gasteiger partial charge on any atom is -0.396 e. The standard InChI is InChI=1S/C13H21N3O3/c1-16-12(18)7-6-11(15-16)13(19)14-10-5-3-2-4-9(10)8-17/h9-10,17H,2-8H2,1H3,(H,14,19). The van der Waals surface area contributed by atoms with E-state index in [9.17, 15) is 14.7 Å². The van der Waals surface area contributed by atoms with E-state index in [1.165, 1.54) is 5.01 Å². The summed E-state index contributed by atoms with van der Waals surface area (Å²) in [6.45, 7) is 0.107. The third kappa shape index (κ3) is 3.32. The molecule has 0 radical (unpaired) electrons. The van der Waals surface area contributed by atoms with Crippen LogP contribution in [0.25, 0.3) is 0 Å². The molecule has 1 aliphatic heterocycles. The highest BCUT2D eigenvalue weighted by Crippen LogP contribution is 2.24. The maximum absolute atomic E-state index is 12.1. The van der Waals surface area contributed by atoms with Gasteiger partial charge in [-0.05, 0) is 12.8 Å². The van der Waals surface area contributed by atoms with Crippen molar-refractivity contribution in [2.45, 2.75) is 44.6 Å². The normalized spacial score (nSPS) is 28.0. The molecule has 2 atom stereocenters. The Morgan fingerprint density at radius 2 is 2.16 bits per heavy atom. The third-order valence-corrected chi connectivity index (χ3v) is 3.93. The zero-order valence-electron chi connectivity index (χ0n) is 11.3. The monoisotopic (exact) mass is 267 g/mol. The molecule has 6 heteroatoms. The largest absolute Gasteiger partial charge is 0.396 e. The number of aliphatic hydroxyl groups is 1. The highest BCUT2D eigenvalue weighted by Gasteiger charge is 2.28. The van der Waals surface area contributed by atoms with Crippen LogP contribution in [0.5, 0.6) is 0 Å². The van der Waals surface area contributed by atoms with Crippen molar-refractivity contribution in [2.75, 3.05) is 13.7 Å². The van der Waals surface area contributed by atoms with Gasteiger partial charge in [-0.25, -0.2) is 5.01 Å². The molecule has 19 heavy (non-hydrogen) atoms. The van der Waals surface area contributed by atoms with E-state index in [4.69, 9.17) is 0 Å². The van der Waals surface area contributed by atoms with Gasteiger partial charge in [-0.1, -0.05) is 12.8 Å². The fraction of sp³-hybridized carbons (Fsp3) is 0.769. The summed E-state index contributed by atoms with van der Waals surface area (Å²) in [5.41, 5.74) is 0.407. The molecule has 2 rings (SSSR count). The van der Waals surface area contributed by atoms with E-state index in [1.807, 2.05) is 0 Å². The molecule has 1 heterocycles. The van der Waals surface area contributed by atoms with Gasteiger partial charge in [0.1, 0.15) is 5.71 Å². The Morgan fingerprint density at radius 3 is 2.84 bits per heavy atom. The number of carbonyl (C=O) groups excluding carboxylic acids is 2. The second kappa shape index (κ2) is 6.14. The number of nitrogens with one attached hydrogen (secondary N) is 1. The van der Waals surface area contributed by atoms with Crippen LogP contribution in [-0.4, -0.2) is 47.3 Å². The first-order valence-electron chi connectivity index (χ1n) is 6.87. The number of rotatable bonds is 3. The molecule has 0 aromatic heterocycles. The molecule has 0 bridgehead atoms. The second-order valence-corrected chi connectivity index (χ2v) is 5.27. The Kier molecular flexibility index (Phi) is 4.52. The highest BCUT2D eigenvalue weighted by atomic mass is 16.3. The van der Waals surface area contributed by atoms with Crippen molar-refractivity contribution in [1.29, 1.82) is 0 Å². The van der Waals surface area contributed by atoms with Gasteiger partial charge in [0.25, 0.3) is 5.91 Å². The van der Waals surface area contributed by atoms with Crippen LogP contribution in [0.15, 0.2) is 5.10 Å². The second-order valence-electron chi connectivity index (χ2n) is 5.27. The molecule has 0 spiro atoms. The van der Waals surface area contributed by atoms with Crippen molar-refractivity contribution in [3.8, 4) is 0 Å². The molecule has 6 nitrogen and oxygen atoms in total. The number of hydrogen-bond acceptors (Lipinski definition) is 4. The van der Waals surface area contributed by atoms with Gasteiger partial charge in [0.2, 0.25) is 5.91 Å². The summed E-state index contributed by atoms with van der Waals surface area (Å²) in [4.78, 5) is 23.4. The predicted molar refractivity (Wildman–Crippen MR) is 70.4 cm³/mol. The Bertz CT molecular complexity index is 395. The van der Waals surface area contributed by atoms with Crippen molar-refractivity contribution in [3.63, 3.8) is 0 Å². The number of hydrogen-bond donors (Lipinski definition) is 2. The van der Waals surface area contributed by atoms with Gasteiger partial charge in [0, 0.05) is 38.5 Å². The predicted octanol–water partition coefficient (Wildman–Crippen LogP) is 0.262. The summed E-state index contributed by atoms with van der Waals surface area (Å²) in [5.74, 6) is -0.131. The molecule has 0 aromatic carbocycles. The van der Waals surface area contributed by atoms with Crippen LogP contribution in [0, 0.1) is 5.92 Å². The lowest BCUT2D eigenvalue weighted by Gasteiger charge is -2.31. The van der Waals surface area contributed by atoms with Gasteiger partial charge in [-0.15, -0.1) is 0 Å². The summed E-state index contributed by atoms with van der Waals surface area (Å²) >= 11 is 0. The number of carbonyl (C=O) groups is 2. The van der Waals surface area contributed by atoms with E-state index in [1.54, 1.807) is 7.05 Å². The van der Waals surface area contributed by atoms with Gasteiger partial charge in [-0.2, -0.15) is 5.10 Å². The van der Waals surface area contributed by atoms with E-state index < -0.39 is 0 Å². The van der Waals surface area contributed by atoms with Gasteiger partial charge in [0.15, 0.2) is 0 Å². The molecule has 0 aromatic rings. The number of aliphatic hydroxyl groups excluding tert-OH is 1. The first-order chi connectivity index (χ1) is 9.11. The first kappa shape index (κ1) is 14.0. The van der Waals surface area contributed by atoms with Gasteiger partial charge < -0.3 is 10.4 Å². The molecule has 106 valence electrons. The van der Waals surface area contributed by atoms with E-state index in [-0.39, 0.29) is 30.4 Å². The maximum atomic E-state index is 12.1. The van der Waals surface area contributed by atoms with Crippen molar-refractivity contribution < 1.29 is 14.7 Å². The van der Waals surface area contributed by atoms with Crippen LogP contribution >= 0.6 is 0 Å². The smallest absolute Gasteiger partial charge is 0.267 e. The van der Waals surface area contributed by atoms with Crippen LogP contribution in [-0.2, 0) is 9.59 Å². The number of hydrazone groups is 1. The molecular formula is C13H21N3O3. The number of nitrogens with zero attached hydrogens (tertiary/aromatic N) is 2. The zero-order valence-corrected chi connectivity index (χ0v) is 11.3. The van der Waals surface area contributed by atoms with Gasteiger partial charge >= 0.3 is 0 Å². The molecule has 1 aliphatic carbocycles. The zero-order chi connectivity index (χ0) is 13.8. The Labute approximate surface area is 112 Å². The third-order valence-electron chi connectivity index (χ3n) is 3.93. The molecule has 2 aliphatic rings. The Hall–Kier alpha value is -1.43. The lowest BCUT2D eigenvalue weighted by atomic mass is 9.85. The van der Waals surface area contributed by atoms with Crippen LogP contribution in [0.1, 0.15) is 38.5 Å². The van der Waals surface area contributed by atoms with E-state index in [2.05, 4.69) is 10.4 Å². The van der Waals surface area contributed by atoms with Crippen molar-refractivity contribution in [1.82, 2.24) is 10.3 Å². The SMILES string of the molecule is CN1N=C(C(=O)NC2CCCCC2CO)CCC1=O. The molecule has 2 amide bonds. The van der Waals surface area contributed by atoms with Crippen LogP contribution < -0.4 is 5.32 Å². The molecule has 2 N–H and O–H groups in total. The van der Waals surface area contributed by atoms with Crippen LogP contribution in [0.4, 0.5) is 0 Å². The Balaban J connectivity index is 1.96. The lowest BCUT2D eigenvalue weighted by molar-refractivity contribution is -0.130. The van der Waals surface area contributed by atoms with Crippen molar-refractivity contribution >= 4 is 17.5 Å². The van der Waals surface area contributed by atoms with Crippen LogP contribution in [0.2, 0.25) is 0 Å². The molecular weight excluding hydrogens is 246 g/mol. The summed E-state index contributed by atoms with van der Waals surface area (Å²) in [6.07, 6.45) is 4.76. The fourth-order valence-electron chi connectivity index (χ4n) is 2.70. The molecule has 2 unspecified atom stereocenters.